The van der Waals surface area contributed by atoms with Crippen molar-refractivity contribution < 1.29 is 19.1 Å². The Labute approximate surface area is 259 Å². The number of carbonyl (C=O) groups is 3. The van der Waals surface area contributed by atoms with Crippen LogP contribution in [0.5, 0.6) is 5.75 Å². The summed E-state index contributed by atoms with van der Waals surface area (Å²) in [5, 5.41) is 15.5. The first kappa shape index (κ1) is 32.5. The Morgan fingerprint density at radius 1 is 0.929 bits per heavy atom. The average Bonchev–Trinajstić information content (AvgIpc) is 2.91. The molecular formula is C31H27Cl3N4O4. The molecule has 216 valence electrons. The first-order valence-electron chi connectivity index (χ1n) is 12.5. The van der Waals surface area contributed by atoms with Crippen LogP contribution in [0.15, 0.2) is 54.6 Å². The molecule has 0 aliphatic carbocycles. The molecule has 3 aromatic rings. The second-order valence-electron chi connectivity index (χ2n) is 10.0. The lowest BCUT2D eigenvalue weighted by Crippen LogP contribution is -2.45. The zero-order valence-electron chi connectivity index (χ0n) is 23.3. The Kier molecular flexibility index (Phi) is 11.0. The van der Waals surface area contributed by atoms with E-state index in [-0.39, 0.29) is 50.0 Å². The normalized spacial score (nSPS) is 10.7. The summed E-state index contributed by atoms with van der Waals surface area (Å²) in [6, 6.07) is 15.5. The van der Waals surface area contributed by atoms with Crippen LogP contribution < -0.4 is 15.4 Å². The van der Waals surface area contributed by atoms with E-state index in [1.165, 1.54) is 36.4 Å². The Morgan fingerprint density at radius 3 is 2.33 bits per heavy atom. The molecule has 11 heteroatoms. The lowest BCUT2D eigenvalue weighted by atomic mass is 10.0. The van der Waals surface area contributed by atoms with E-state index in [2.05, 4.69) is 22.5 Å². The fraction of sp³-hybridized carbons (Fsp3) is 0.226. The topological polar surface area (TPSA) is 112 Å². The van der Waals surface area contributed by atoms with Gasteiger partial charge in [0.05, 0.1) is 40.0 Å². The lowest BCUT2D eigenvalue weighted by molar-refractivity contribution is -0.122. The fourth-order valence-electron chi connectivity index (χ4n) is 3.71. The van der Waals surface area contributed by atoms with E-state index >= 15 is 0 Å². The van der Waals surface area contributed by atoms with Crippen molar-refractivity contribution in [3.05, 3.63) is 91.9 Å². The molecule has 0 saturated heterocycles. The van der Waals surface area contributed by atoms with Crippen molar-refractivity contribution in [2.24, 2.45) is 0 Å². The molecule has 0 unspecified atom stereocenters. The van der Waals surface area contributed by atoms with Gasteiger partial charge in [0.25, 0.3) is 5.91 Å². The van der Waals surface area contributed by atoms with Crippen LogP contribution in [0.3, 0.4) is 0 Å². The third kappa shape index (κ3) is 9.51. The van der Waals surface area contributed by atoms with E-state index in [9.17, 15) is 19.6 Å². The summed E-state index contributed by atoms with van der Waals surface area (Å²) in [6.07, 6.45) is 0. The number of ketones is 1. The van der Waals surface area contributed by atoms with E-state index < -0.39 is 23.8 Å². The highest BCUT2D eigenvalue weighted by molar-refractivity contribution is 6.34. The predicted molar refractivity (Wildman–Crippen MR) is 164 cm³/mol. The molecule has 0 heterocycles. The van der Waals surface area contributed by atoms with Gasteiger partial charge in [-0.25, -0.2) is 0 Å². The number of amides is 2. The highest BCUT2D eigenvalue weighted by atomic mass is 35.5. The molecule has 42 heavy (non-hydrogen) atoms. The first-order chi connectivity index (χ1) is 19.8. The predicted octanol–water partition coefficient (Wildman–Crippen LogP) is 5.57. The molecule has 0 bridgehead atoms. The second kappa shape index (κ2) is 14.2. The number of nitrogens with zero attached hydrogens (tertiary/aromatic N) is 2. The number of likely N-dealkylation sites (N-methyl/N-ethyl adjacent to an activating group) is 1. The third-order valence-corrected chi connectivity index (χ3v) is 6.27. The van der Waals surface area contributed by atoms with Crippen LogP contribution in [0, 0.1) is 23.2 Å². The molecule has 0 atom stereocenters. The Morgan fingerprint density at radius 2 is 1.67 bits per heavy atom. The van der Waals surface area contributed by atoms with Gasteiger partial charge in [-0.2, -0.15) is 5.26 Å². The smallest absolute Gasteiger partial charge is 0.262 e. The summed E-state index contributed by atoms with van der Waals surface area (Å²) < 4.78 is 5.66. The number of hydrogen-bond acceptors (Lipinski definition) is 6. The maximum atomic E-state index is 13.2. The summed E-state index contributed by atoms with van der Waals surface area (Å²) in [6.45, 7) is 3.40. The van der Waals surface area contributed by atoms with Crippen LogP contribution >= 0.6 is 34.8 Å². The molecule has 0 aliphatic heterocycles. The van der Waals surface area contributed by atoms with Crippen molar-refractivity contribution in [1.29, 1.82) is 5.26 Å². The van der Waals surface area contributed by atoms with Crippen LogP contribution in [0.1, 0.15) is 40.9 Å². The number of nitriles is 1. The average molecular weight is 626 g/mol. The van der Waals surface area contributed by atoms with Crippen LogP contribution in [-0.4, -0.2) is 55.3 Å². The summed E-state index contributed by atoms with van der Waals surface area (Å²) in [5.74, 6) is 4.97. The monoisotopic (exact) mass is 624 g/mol. The van der Waals surface area contributed by atoms with Gasteiger partial charge < -0.3 is 20.3 Å². The van der Waals surface area contributed by atoms with E-state index in [0.29, 0.717) is 11.3 Å². The number of ether oxygens (including phenoxy) is 1. The van der Waals surface area contributed by atoms with Gasteiger partial charge in [-0.05, 0) is 82.5 Å². The summed E-state index contributed by atoms with van der Waals surface area (Å²) >= 11 is 18.6. The largest absolute Gasteiger partial charge is 0.483 e. The van der Waals surface area contributed by atoms with Crippen LogP contribution in [0.2, 0.25) is 15.1 Å². The molecule has 2 N–H and O–H groups in total. The lowest BCUT2D eigenvalue weighted by Gasteiger charge is -2.21. The van der Waals surface area contributed by atoms with Crippen molar-refractivity contribution in [3.8, 4) is 23.7 Å². The van der Waals surface area contributed by atoms with Crippen molar-refractivity contribution in [2.45, 2.75) is 19.4 Å². The molecule has 0 aliphatic rings. The van der Waals surface area contributed by atoms with Gasteiger partial charge in [-0.3, -0.25) is 14.4 Å². The molecule has 3 rings (SSSR count). The van der Waals surface area contributed by atoms with E-state index in [1.54, 1.807) is 51.0 Å². The van der Waals surface area contributed by atoms with E-state index in [4.69, 9.17) is 39.5 Å². The van der Waals surface area contributed by atoms with Gasteiger partial charge in [0, 0.05) is 21.2 Å². The van der Waals surface area contributed by atoms with Gasteiger partial charge in [0.1, 0.15) is 5.75 Å². The quantitative estimate of drug-likeness (QED) is 0.237. The second-order valence-corrected chi connectivity index (χ2v) is 11.3. The molecule has 2 amide bonds. The van der Waals surface area contributed by atoms with Crippen LogP contribution in [-0.2, 0) is 9.59 Å². The number of halogens is 3. The van der Waals surface area contributed by atoms with Crippen molar-refractivity contribution in [1.82, 2.24) is 10.2 Å². The number of benzene rings is 3. The van der Waals surface area contributed by atoms with Crippen molar-refractivity contribution in [3.63, 3.8) is 0 Å². The highest BCUT2D eigenvalue weighted by Gasteiger charge is 2.19. The molecule has 0 aromatic heterocycles. The van der Waals surface area contributed by atoms with Crippen molar-refractivity contribution in [2.75, 3.05) is 32.6 Å². The summed E-state index contributed by atoms with van der Waals surface area (Å²) in [7, 11) is 3.61. The van der Waals surface area contributed by atoms with E-state index in [1.807, 2.05) is 6.07 Å². The van der Waals surface area contributed by atoms with Gasteiger partial charge in [0.15, 0.2) is 12.4 Å². The molecule has 0 radical (unpaired) electrons. The fourth-order valence-corrected chi connectivity index (χ4v) is 4.34. The number of carbonyl (C=O) groups excluding carboxylic acids is 3. The molecular weight excluding hydrogens is 599 g/mol. The maximum Gasteiger partial charge on any atom is 0.262 e. The Balaban J connectivity index is 1.68. The zero-order chi connectivity index (χ0) is 31.0. The first-order valence-corrected chi connectivity index (χ1v) is 13.7. The molecule has 0 spiro atoms. The standard InChI is InChI=1S/C31H27Cl3N4O4/c1-31(2,37-28(39)17-38(3)4)10-9-19-5-7-26(25(34)13-19)36-29(40)18-42-27-8-6-22(32)15-24(27)30(41)21-11-20(16-35)12-23(33)14-21/h5-8,11-15H,17-18H2,1-4H3,(H,36,40)(H,37,39). The number of nitrogens with one attached hydrogen (secondary N) is 2. The SMILES string of the molecule is CN(C)CC(=O)NC(C)(C)C#Cc1ccc(NC(=O)COc2ccc(Cl)cc2C(=O)c2cc(Cl)cc(C#N)c2)c(Cl)c1. The highest BCUT2D eigenvalue weighted by Crippen LogP contribution is 2.28. The Hall–Kier alpha value is -4.05. The van der Waals surface area contributed by atoms with E-state index in [0.717, 1.165) is 0 Å². The maximum absolute atomic E-state index is 13.2. The van der Waals surface area contributed by atoms with Gasteiger partial charge >= 0.3 is 0 Å². The number of rotatable bonds is 9. The minimum absolute atomic E-state index is 0.100. The molecule has 0 saturated carbocycles. The van der Waals surface area contributed by atoms with Gasteiger partial charge in [-0.15, -0.1) is 0 Å². The summed E-state index contributed by atoms with van der Waals surface area (Å²) in [5.41, 5.74) is 0.655. The summed E-state index contributed by atoms with van der Waals surface area (Å²) in [4.78, 5) is 39.7. The Bertz CT molecular complexity index is 1640. The minimum Gasteiger partial charge on any atom is -0.483 e. The third-order valence-electron chi connectivity index (χ3n) is 5.51. The van der Waals surface area contributed by atoms with Gasteiger partial charge in [-0.1, -0.05) is 46.6 Å². The zero-order valence-corrected chi connectivity index (χ0v) is 25.5. The van der Waals surface area contributed by atoms with Gasteiger partial charge in [0.2, 0.25) is 5.91 Å². The van der Waals surface area contributed by atoms with Crippen molar-refractivity contribution >= 4 is 58.1 Å². The van der Waals surface area contributed by atoms with Crippen LogP contribution in [0.25, 0.3) is 0 Å². The molecule has 0 fully saturated rings. The van der Waals surface area contributed by atoms with Crippen LogP contribution in [0.4, 0.5) is 5.69 Å². The minimum atomic E-state index is -0.767. The number of anilines is 1. The molecule has 8 nitrogen and oxygen atoms in total. The number of hydrogen-bond donors (Lipinski definition) is 2. The molecule has 3 aromatic carbocycles.